The Morgan fingerprint density at radius 1 is 1.07 bits per heavy atom. The van der Waals surface area contributed by atoms with Gasteiger partial charge in [0.15, 0.2) is 0 Å². The van der Waals surface area contributed by atoms with Crippen molar-refractivity contribution < 1.29 is 9.59 Å². The lowest BCUT2D eigenvalue weighted by Crippen LogP contribution is -2.28. The van der Waals surface area contributed by atoms with Gasteiger partial charge in [-0.25, -0.2) is 4.79 Å². The number of aromatic nitrogens is 2. The highest BCUT2D eigenvalue weighted by atomic mass is 16.2. The number of carbonyl (C=O) groups excluding carboxylic acids is 2. The lowest BCUT2D eigenvalue weighted by atomic mass is 10.1. The van der Waals surface area contributed by atoms with Gasteiger partial charge in [-0.1, -0.05) is 24.3 Å². The minimum atomic E-state index is -0.147. The van der Waals surface area contributed by atoms with Crippen molar-refractivity contribution in [2.75, 3.05) is 18.0 Å². The highest BCUT2D eigenvalue weighted by Crippen LogP contribution is 2.17. The van der Waals surface area contributed by atoms with Crippen LogP contribution in [0, 0.1) is 0 Å². The summed E-state index contributed by atoms with van der Waals surface area (Å²) >= 11 is 0. The second-order valence-electron chi connectivity index (χ2n) is 6.59. The molecule has 0 unspecified atom stereocenters. The normalized spacial score (nSPS) is 13.4. The molecule has 142 valence electrons. The number of rotatable bonds is 6. The Bertz CT molecular complexity index is 967. The van der Waals surface area contributed by atoms with Crippen molar-refractivity contribution in [3.63, 3.8) is 0 Å². The van der Waals surface area contributed by atoms with E-state index in [4.69, 9.17) is 0 Å². The number of benzene rings is 2. The van der Waals surface area contributed by atoms with E-state index in [9.17, 15) is 9.59 Å². The predicted octanol–water partition coefficient (Wildman–Crippen LogP) is 2.39. The molecule has 28 heavy (non-hydrogen) atoms. The van der Waals surface area contributed by atoms with Gasteiger partial charge in [0, 0.05) is 43.3 Å². The number of amides is 3. The zero-order valence-electron chi connectivity index (χ0n) is 15.3. The van der Waals surface area contributed by atoms with E-state index in [-0.39, 0.29) is 11.9 Å². The summed E-state index contributed by atoms with van der Waals surface area (Å²) in [5.74, 6) is -0.147. The van der Waals surface area contributed by atoms with Crippen LogP contribution in [-0.4, -0.2) is 34.8 Å². The van der Waals surface area contributed by atoms with Crippen molar-refractivity contribution in [1.82, 2.24) is 20.4 Å². The Balaban J connectivity index is 1.40. The molecule has 0 atom stereocenters. The molecule has 1 fully saturated rings. The molecule has 2 heterocycles. The van der Waals surface area contributed by atoms with E-state index in [1.807, 2.05) is 41.2 Å². The first kappa shape index (κ1) is 17.8. The molecule has 1 aliphatic heterocycles. The van der Waals surface area contributed by atoms with Crippen molar-refractivity contribution >= 4 is 17.6 Å². The minimum Gasteiger partial charge on any atom is -0.348 e. The molecule has 7 nitrogen and oxygen atoms in total. The van der Waals surface area contributed by atoms with Crippen LogP contribution >= 0.6 is 0 Å². The van der Waals surface area contributed by atoms with Crippen LogP contribution in [0.2, 0.25) is 0 Å². The van der Waals surface area contributed by atoms with Crippen LogP contribution in [0.1, 0.15) is 21.5 Å². The van der Waals surface area contributed by atoms with Crippen LogP contribution in [0.25, 0.3) is 0 Å². The molecule has 1 aromatic heterocycles. The van der Waals surface area contributed by atoms with Crippen LogP contribution < -0.4 is 15.5 Å². The lowest BCUT2D eigenvalue weighted by molar-refractivity contribution is 0.0951. The second-order valence-corrected chi connectivity index (χ2v) is 6.59. The average molecular weight is 375 g/mol. The van der Waals surface area contributed by atoms with Crippen LogP contribution in [-0.2, 0) is 13.1 Å². The third-order valence-electron chi connectivity index (χ3n) is 4.75. The number of hydrogen-bond acceptors (Lipinski definition) is 3. The highest BCUT2D eigenvalue weighted by Gasteiger charge is 2.21. The van der Waals surface area contributed by atoms with Crippen LogP contribution in [0.15, 0.2) is 67.0 Å². The van der Waals surface area contributed by atoms with Gasteiger partial charge in [0.25, 0.3) is 5.91 Å². The first-order valence-corrected chi connectivity index (χ1v) is 9.18. The number of anilines is 1. The summed E-state index contributed by atoms with van der Waals surface area (Å²) in [6, 6.07) is 16.9. The molecule has 3 aromatic rings. The van der Waals surface area contributed by atoms with E-state index < -0.39 is 0 Å². The van der Waals surface area contributed by atoms with Gasteiger partial charge in [0.1, 0.15) is 0 Å². The summed E-state index contributed by atoms with van der Waals surface area (Å²) in [6.45, 7) is 2.37. The van der Waals surface area contributed by atoms with Gasteiger partial charge in [-0.05, 0) is 41.5 Å². The first-order valence-electron chi connectivity index (χ1n) is 9.18. The van der Waals surface area contributed by atoms with Gasteiger partial charge in [-0.2, -0.15) is 5.10 Å². The van der Waals surface area contributed by atoms with E-state index in [0.717, 1.165) is 16.8 Å². The SMILES string of the molecule is O=C(NCc1ccccc1Cn1cccn1)c1ccc(N2CCNC2=O)cc1. The lowest BCUT2D eigenvalue weighted by Gasteiger charge is -2.15. The maximum absolute atomic E-state index is 12.5. The average Bonchev–Trinajstić information content (AvgIpc) is 3.39. The maximum Gasteiger partial charge on any atom is 0.321 e. The number of carbonyl (C=O) groups is 2. The molecule has 0 bridgehead atoms. The van der Waals surface area contributed by atoms with E-state index in [0.29, 0.717) is 31.7 Å². The second kappa shape index (κ2) is 7.96. The highest BCUT2D eigenvalue weighted by molar-refractivity contribution is 5.97. The molecule has 1 aliphatic rings. The number of hydrogen-bond donors (Lipinski definition) is 2. The summed E-state index contributed by atoms with van der Waals surface area (Å²) < 4.78 is 1.86. The molecule has 0 saturated carbocycles. The maximum atomic E-state index is 12.5. The summed E-state index contributed by atoms with van der Waals surface area (Å²) in [5, 5.41) is 9.98. The Kier molecular flexibility index (Phi) is 5.05. The van der Waals surface area contributed by atoms with Crippen molar-refractivity contribution in [2.45, 2.75) is 13.1 Å². The molecular formula is C21H21N5O2. The van der Waals surface area contributed by atoms with E-state index in [1.165, 1.54) is 0 Å². The van der Waals surface area contributed by atoms with Crippen molar-refractivity contribution in [3.8, 4) is 0 Å². The smallest absolute Gasteiger partial charge is 0.321 e. The van der Waals surface area contributed by atoms with Crippen LogP contribution in [0.4, 0.5) is 10.5 Å². The molecule has 0 radical (unpaired) electrons. The molecule has 7 heteroatoms. The van der Waals surface area contributed by atoms with Gasteiger partial charge in [-0.3, -0.25) is 14.4 Å². The van der Waals surface area contributed by atoms with Crippen molar-refractivity contribution in [3.05, 3.63) is 83.7 Å². The zero-order valence-corrected chi connectivity index (χ0v) is 15.3. The third kappa shape index (κ3) is 3.88. The van der Waals surface area contributed by atoms with Gasteiger partial charge in [0.2, 0.25) is 0 Å². The van der Waals surface area contributed by atoms with Crippen LogP contribution in [0.3, 0.4) is 0 Å². The summed E-state index contributed by atoms with van der Waals surface area (Å²) in [7, 11) is 0. The van der Waals surface area contributed by atoms with Crippen molar-refractivity contribution in [2.24, 2.45) is 0 Å². The summed E-state index contributed by atoms with van der Waals surface area (Å²) in [6.07, 6.45) is 3.66. The largest absolute Gasteiger partial charge is 0.348 e. The van der Waals surface area contributed by atoms with E-state index in [2.05, 4.69) is 15.7 Å². The minimum absolute atomic E-state index is 0.106. The van der Waals surface area contributed by atoms with Gasteiger partial charge >= 0.3 is 6.03 Å². The molecule has 3 amide bonds. The number of nitrogens with one attached hydrogen (secondary N) is 2. The Hall–Kier alpha value is -3.61. The molecular weight excluding hydrogens is 354 g/mol. The predicted molar refractivity (Wildman–Crippen MR) is 106 cm³/mol. The first-order chi connectivity index (χ1) is 13.7. The van der Waals surface area contributed by atoms with Crippen LogP contribution in [0.5, 0.6) is 0 Å². The molecule has 4 rings (SSSR count). The summed E-state index contributed by atoms with van der Waals surface area (Å²) in [4.78, 5) is 25.9. The van der Waals surface area contributed by atoms with Crippen molar-refractivity contribution in [1.29, 1.82) is 0 Å². The Morgan fingerprint density at radius 3 is 2.54 bits per heavy atom. The Labute approximate surface area is 163 Å². The fourth-order valence-corrected chi connectivity index (χ4v) is 3.24. The fourth-order valence-electron chi connectivity index (χ4n) is 3.24. The molecule has 1 saturated heterocycles. The quantitative estimate of drug-likeness (QED) is 0.694. The number of nitrogens with zero attached hydrogens (tertiary/aromatic N) is 3. The summed E-state index contributed by atoms with van der Waals surface area (Å²) in [5.41, 5.74) is 3.52. The topological polar surface area (TPSA) is 79.3 Å². The fraction of sp³-hybridized carbons (Fsp3) is 0.190. The zero-order chi connectivity index (χ0) is 19.3. The molecule has 2 N–H and O–H groups in total. The number of urea groups is 1. The van der Waals surface area contributed by atoms with E-state index >= 15 is 0 Å². The Morgan fingerprint density at radius 2 is 1.86 bits per heavy atom. The van der Waals surface area contributed by atoms with E-state index in [1.54, 1.807) is 35.4 Å². The monoisotopic (exact) mass is 375 g/mol. The van der Waals surface area contributed by atoms with Gasteiger partial charge < -0.3 is 10.6 Å². The standard InChI is InChI=1S/C21H21N5O2/c27-20(16-6-8-19(9-7-16)26-13-11-22-21(26)28)23-14-17-4-1-2-5-18(17)15-25-12-3-10-24-25/h1-10,12H,11,13-15H2,(H,22,28)(H,23,27). The van der Waals surface area contributed by atoms with Gasteiger partial charge in [0.05, 0.1) is 6.54 Å². The molecule has 0 aliphatic carbocycles. The van der Waals surface area contributed by atoms with Gasteiger partial charge in [-0.15, -0.1) is 0 Å². The molecule has 0 spiro atoms. The molecule has 2 aromatic carbocycles. The third-order valence-corrected chi connectivity index (χ3v) is 4.75.